The summed E-state index contributed by atoms with van der Waals surface area (Å²) in [4.78, 5) is 12.9. The predicted molar refractivity (Wildman–Crippen MR) is 88.8 cm³/mol. The van der Waals surface area contributed by atoms with Gasteiger partial charge in [0.15, 0.2) is 5.78 Å². The van der Waals surface area contributed by atoms with E-state index in [0.29, 0.717) is 11.7 Å². The average Bonchev–Trinajstić information content (AvgIpc) is 2.75. The van der Waals surface area contributed by atoms with Crippen molar-refractivity contribution in [2.45, 2.75) is 51.9 Å². The van der Waals surface area contributed by atoms with E-state index in [2.05, 4.69) is 31.2 Å². The molecule has 0 spiro atoms. The lowest BCUT2D eigenvalue weighted by molar-refractivity contribution is 0.0958. The Balaban J connectivity index is 1.88. The first-order chi connectivity index (χ1) is 10.3. The highest BCUT2D eigenvalue weighted by molar-refractivity contribution is 6.09. The van der Waals surface area contributed by atoms with Gasteiger partial charge < -0.3 is 0 Å². The molecule has 1 nitrogen and oxygen atoms in total. The van der Waals surface area contributed by atoms with Gasteiger partial charge in [-0.05, 0) is 29.2 Å². The van der Waals surface area contributed by atoms with Crippen LogP contribution in [0, 0.1) is 12.8 Å². The number of rotatable bonds is 3. The second-order valence-electron chi connectivity index (χ2n) is 6.46. The van der Waals surface area contributed by atoms with Crippen LogP contribution >= 0.6 is 0 Å². The molecular formula is C20H24O. The molecule has 0 radical (unpaired) electrons. The van der Waals surface area contributed by atoms with Crippen LogP contribution in [-0.2, 0) is 0 Å². The summed E-state index contributed by atoms with van der Waals surface area (Å²) in [7, 11) is 0. The fourth-order valence-electron chi connectivity index (χ4n) is 3.68. The van der Waals surface area contributed by atoms with Gasteiger partial charge in [-0.15, -0.1) is 0 Å². The largest absolute Gasteiger partial charge is 0.294 e. The summed E-state index contributed by atoms with van der Waals surface area (Å²) in [5, 5.41) is 2.29. The number of hydrogen-bond donors (Lipinski definition) is 0. The molecule has 1 aliphatic rings. The molecule has 0 aromatic heterocycles. The molecule has 0 saturated heterocycles. The summed E-state index contributed by atoms with van der Waals surface area (Å²) in [5.74, 6) is 0.939. The van der Waals surface area contributed by atoms with Crippen molar-refractivity contribution in [1.82, 2.24) is 0 Å². The lowest BCUT2D eigenvalue weighted by Crippen LogP contribution is -2.10. The van der Waals surface area contributed by atoms with Crippen LogP contribution < -0.4 is 0 Å². The maximum atomic E-state index is 12.9. The molecule has 0 amide bonds. The summed E-state index contributed by atoms with van der Waals surface area (Å²) in [6.07, 6.45) is 8.48. The Hall–Kier alpha value is -1.63. The molecular weight excluding hydrogens is 256 g/mol. The van der Waals surface area contributed by atoms with Gasteiger partial charge in [0, 0.05) is 12.0 Å². The maximum absolute atomic E-state index is 12.9. The van der Waals surface area contributed by atoms with E-state index in [9.17, 15) is 4.79 Å². The third-order valence-corrected chi connectivity index (χ3v) is 4.87. The minimum atomic E-state index is 0.344. The number of aryl methyl sites for hydroxylation is 1. The Labute approximate surface area is 127 Å². The highest BCUT2D eigenvalue weighted by Crippen LogP contribution is 2.29. The van der Waals surface area contributed by atoms with Crippen LogP contribution in [0.2, 0.25) is 0 Å². The Kier molecular flexibility index (Phi) is 4.38. The molecule has 1 aliphatic carbocycles. The Bertz CT molecular complexity index is 633. The van der Waals surface area contributed by atoms with Gasteiger partial charge >= 0.3 is 0 Å². The molecule has 0 bridgehead atoms. The van der Waals surface area contributed by atoms with Crippen molar-refractivity contribution in [2.24, 2.45) is 5.92 Å². The van der Waals surface area contributed by atoms with Gasteiger partial charge in [-0.2, -0.15) is 0 Å². The second-order valence-corrected chi connectivity index (χ2v) is 6.46. The lowest BCUT2D eigenvalue weighted by Gasteiger charge is -2.15. The van der Waals surface area contributed by atoms with E-state index in [4.69, 9.17) is 0 Å². The summed E-state index contributed by atoms with van der Waals surface area (Å²) in [5.41, 5.74) is 2.07. The minimum absolute atomic E-state index is 0.344. The first-order valence-corrected chi connectivity index (χ1v) is 8.27. The number of carbonyl (C=O) groups excluding carboxylic acids is 1. The molecule has 3 rings (SSSR count). The predicted octanol–water partition coefficient (Wildman–Crippen LogP) is 5.69. The average molecular weight is 280 g/mol. The van der Waals surface area contributed by atoms with Gasteiger partial charge in [0.2, 0.25) is 0 Å². The van der Waals surface area contributed by atoms with Crippen molar-refractivity contribution >= 4 is 16.6 Å². The van der Waals surface area contributed by atoms with Crippen molar-refractivity contribution in [1.29, 1.82) is 0 Å². The number of fused-ring (bicyclic) bond motifs is 1. The molecule has 0 atom stereocenters. The Morgan fingerprint density at radius 3 is 2.48 bits per heavy atom. The van der Waals surface area contributed by atoms with Crippen LogP contribution in [0.15, 0.2) is 36.4 Å². The van der Waals surface area contributed by atoms with E-state index in [1.165, 1.54) is 43.9 Å². The molecule has 21 heavy (non-hydrogen) atoms. The van der Waals surface area contributed by atoms with Crippen molar-refractivity contribution in [2.75, 3.05) is 0 Å². The van der Waals surface area contributed by atoms with E-state index in [1.807, 2.05) is 12.1 Å². The smallest absolute Gasteiger partial charge is 0.164 e. The standard InChI is InChI=1S/C20H24O/c1-15-12-13-17-10-6-7-11-18(17)20(15)19(21)14-16-8-4-2-3-5-9-16/h6-7,10-13,16H,2-5,8-9,14H2,1H3. The van der Waals surface area contributed by atoms with Gasteiger partial charge in [0.1, 0.15) is 0 Å². The Morgan fingerprint density at radius 1 is 1.00 bits per heavy atom. The summed E-state index contributed by atoms with van der Waals surface area (Å²) in [6.45, 7) is 2.06. The van der Waals surface area contributed by atoms with E-state index >= 15 is 0 Å². The van der Waals surface area contributed by atoms with Crippen LogP contribution in [-0.4, -0.2) is 5.78 Å². The second kappa shape index (κ2) is 6.43. The molecule has 1 saturated carbocycles. The fraction of sp³-hybridized carbons (Fsp3) is 0.450. The topological polar surface area (TPSA) is 17.1 Å². The molecule has 2 aromatic carbocycles. The van der Waals surface area contributed by atoms with Crippen LogP contribution in [0.4, 0.5) is 0 Å². The van der Waals surface area contributed by atoms with E-state index in [-0.39, 0.29) is 0 Å². The SMILES string of the molecule is Cc1ccc2ccccc2c1C(=O)CC1CCCCCC1. The van der Waals surface area contributed by atoms with Gasteiger partial charge in [-0.3, -0.25) is 4.79 Å². The van der Waals surface area contributed by atoms with Crippen LogP contribution in [0.1, 0.15) is 60.9 Å². The van der Waals surface area contributed by atoms with Crippen molar-refractivity contribution < 1.29 is 4.79 Å². The molecule has 1 fully saturated rings. The normalized spacial score (nSPS) is 16.8. The van der Waals surface area contributed by atoms with Gasteiger partial charge in [0.25, 0.3) is 0 Å². The summed E-state index contributed by atoms with van der Waals surface area (Å²) >= 11 is 0. The number of hydrogen-bond acceptors (Lipinski definition) is 1. The number of carbonyl (C=O) groups is 1. The zero-order chi connectivity index (χ0) is 14.7. The van der Waals surface area contributed by atoms with Gasteiger partial charge in [-0.25, -0.2) is 0 Å². The van der Waals surface area contributed by atoms with Crippen LogP contribution in [0.5, 0.6) is 0 Å². The number of ketones is 1. The maximum Gasteiger partial charge on any atom is 0.164 e. The molecule has 1 heteroatoms. The first-order valence-electron chi connectivity index (χ1n) is 8.27. The lowest BCUT2D eigenvalue weighted by atomic mass is 9.88. The van der Waals surface area contributed by atoms with E-state index in [0.717, 1.165) is 22.9 Å². The van der Waals surface area contributed by atoms with Gasteiger partial charge in [-0.1, -0.05) is 74.9 Å². The van der Waals surface area contributed by atoms with Crippen molar-refractivity contribution in [3.8, 4) is 0 Å². The molecule has 0 heterocycles. The van der Waals surface area contributed by atoms with Gasteiger partial charge in [0.05, 0.1) is 0 Å². The number of benzene rings is 2. The third kappa shape index (κ3) is 3.18. The van der Waals surface area contributed by atoms with Crippen LogP contribution in [0.3, 0.4) is 0 Å². The van der Waals surface area contributed by atoms with Crippen LogP contribution in [0.25, 0.3) is 10.8 Å². The zero-order valence-corrected chi connectivity index (χ0v) is 12.9. The summed E-state index contributed by atoms with van der Waals surface area (Å²) < 4.78 is 0. The number of Topliss-reactive ketones (excluding diaryl/α,β-unsaturated/α-hetero) is 1. The van der Waals surface area contributed by atoms with E-state index in [1.54, 1.807) is 0 Å². The summed E-state index contributed by atoms with van der Waals surface area (Å²) in [6, 6.07) is 12.5. The quantitative estimate of drug-likeness (QED) is 0.521. The minimum Gasteiger partial charge on any atom is -0.294 e. The Morgan fingerprint density at radius 2 is 1.71 bits per heavy atom. The zero-order valence-electron chi connectivity index (χ0n) is 12.9. The first kappa shape index (κ1) is 14.3. The molecule has 0 unspecified atom stereocenters. The third-order valence-electron chi connectivity index (χ3n) is 4.87. The molecule has 110 valence electrons. The fourth-order valence-corrected chi connectivity index (χ4v) is 3.68. The van der Waals surface area contributed by atoms with Crippen molar-refractivity contribution in [3.63, 3.8) is 0 Å². The van der Waals surface area contributed by atoms with E-state index < -0.39 is 0 Å². The highest BCUT2D eigenvalue weighted by atomic mass is 16.1. The molecule has 0 aliphatic heterocycles. The highest BCUT2D eigenvalue weighted by Gasteiger charge is 2.19. The molecule has 0 N–H and O–H groups in total. The monoisotopic (exact) mass is 280 g/mol. The van der Waals surface area contributed by atoms with Crippen molar-refractivity contribution in [3.05, 3.63) is 47.5 Å². The molecule has 2 aromatic rings.